The van der Waals surface area contributed by atoms with Crippen LogP contribution in [-0.4, -0.2) is 18.8 Å². The van der Waals surface area contributed by atoms with Gasteiger partial charge in [-0.15, -0.1) is 0 Å². The molecule has 3 heteroatoms. The molecule has 0 amide bonds. The topological polar surface area (TPSA) is 29.5 Å². The minimum Gasteiger partial charge on any atom is -0.496 e. The van der Waals surface area contributed by atoms with E-state index in [0.29, 0.717) is 0 Å². The summed E-state index contributed by atoms with van der Waals surface area (Å²) in [5, 5.41) is 9.01. The van der Waals surface area contributed by atoms with Gasteiger partial charge in [-0.2, -0.15) is 0 Å². The lowest BCUT2D eigenvalue weighted by Gasteiger charge is -2.13. The van der Waals surface area contributed by atoms with E-state index in [2.05, 4.69) is 15.9 Å². The van der Waals surface area contributed by atoms with Crippen molar-refractivity contribution in [2.75, 3.05) is 13.7 Å². The summed E-state index contributed by atoms with van der Waals surface area (Å²) in [5.41, 5.74) is 1.04. The van der Waals surface area contributed by atoms with Gasteiger partial charge in [0.05, 0.1) is 7.11 Å². The second-order valence-electron chi connectivity index (χ2n) is 2.97. The molecule has 1 N–H and O–H groups in total. The van der Waals surface area contributed by atoms with E-state index in [1.807, 2.05) is 25.1 Å². The van der Waals surface area contributed by atoms with Crippen LogP contribution in [-0.2, 0) is 0 Å². The van der Waals surface area contributed by atoms with E-state index < -0.39 is 0 Å². The fourth-order valence-corrected chi connectivity index (χ4v) is 1.53. The third-order valence-corrected chi connectivity index (χ3v) is 2.49. The number of halogens is 1. The summed E-state index contributed by atoms with van der Waals surface area (Å²) in [6.07, 6.45) is 0. The molecule has 2 nitrogen and oxygen atoms in total. The van der Waals surface area contributed by atoms with E-state index >= 15 is 0 Å². The lowest BCUT2D eigenvalue weighted by Crippen LogP contribution is -2.01. The molecule has 1 aromatic rings. The molecule has 0 radical (unpaired) electrons. The van der Waals surface area contributed by atoms with Crippen molar-refractivity contribution in [3.8, 4) is 5.75 Å². The molecular formula is C10H13BrO2. The Morgan fingerprint density at radius 2 is 2.23 bits per heavy atom. The average molecular weight is 245 g/mol. The molecule has 1 rings (SSSR count). The van der Waals surface area contributed by atoms with E-state index in [4.69, 9.17) is 9.84 Å². The SMILES string of the molecule is COc1cc(Br)ccc1C(C)CO. The third kappa shape index (κ3) is 2.45. The Labute approximate surface area is 86.7 Å². The molecule has 0 saturated heterocycles. The number of aliphatic hydroxyl groups is 1. The molecule has 1 aromatic carbocycles. The van der Waals surface area contributed by atoms with Crippen molar-refractivity contribution in [2.24, 2.45) is 0 Å². The largest absolute Gasteiger partial charge is 0.496 e. The van der Waals surface area contributed by atoms with E-state index in [1.165, 1.54) is 0 Å². The molecule has 0 fully saturated rings. The molecule has 1 atom stereocenters. The molecule has 0 aliphatic heterocycles. The van der Waals surface area contributed by atoms with Crippen LogP contribution in [0, 0.1) is 0 Å². The molecule has 13 heavy (non-hydrogen) atoms. The lowest BCUT2D eigenvalue weighted by molar-refractivity contribution is 0.269. The summed E-state index contributed by atoms with van der Waals surface area (Å²) in [4.78, 5) is 0. The Hall–Kier alpha value is -0.540. The molecule has 0 saturated carbocycles. The van der Waals surface area contributed by atoms with E-state index in [1.54, 1.807) is 7.11 Å². The van der Waals surface area contributed by atoms with Crippen LogP contribution in [0.1, 0.15) is 18.4 Å². The highest BCUT2D eigenvalue weighted by molar-refractivity contribution is 9.10. The van der Waals surface area contributed by atoms with Gasteiger partial charge in [0.25, 0.3) is 0 Å². The normalized spacial score (nSPS) is 12.6. The number of hydrogen-bond acceptors (Lipinski definition) is 2. The molecule has 0 aliphatic rings. The zero-order chi connectivity index (χ0) is 9.84. The highest BCUT2D eigenvalue weighted by atomic mass is 79.9. The van der Waals surface area contributed by atoms with Gasteiger partial charge in [0.1, 0.15) is 5.75 Å². The smallest absolute Gasteiger partial charge is 0.123 e. The Balaban J connectivity index is 3.05. The van der Waals surface area contributed by atoms with Crippen molar-refractivity contribution in [3.05, 3.63) is 28.2 Å². The quantitative estimate of drug-likeness (QED) is 0.886. The van der Waals surface area contributed by atoms with Crippen molar-refractivity contribution >= 4 is 15.9 Å². The second-order valence-corrected chi connectivity index (χ2v) is 3.89. The van der Waals surface area contributed by atoms with Crippen LogP contribution < -0.4 is 4.74 Å². The van der Waals surface area contributed by atoms with Gasteiger partial charge in [-0.05, 0) is 17.7 Å². The first-order valence-corrected chi connectivity index (χ1v) is 4.92. The lowest BCUT2D eigenvalue weighted by atomic mass is 10.0. The fourth-order valence-electron chi connectivity index (χ4n) is 1.19. The van der Waals surface area contributed by atoms with Crippen molar-refractivity contribution in [1.82, 2.24) is 0 Å². The molecule has 0 aromatic heterocycles. The molecule has 0 spiro atoms. The zero-order valence-corrected chi connectivity index (χ0v) is 9.34. The van der Waals surface area contributed by atoms with Gasteiger partial charge >= 0.3 is 0 Å². The Morgan fingerprint density at radius 1 is 1.54 bits per heavy atom. The number of ether oxygens (including phenoxy) is 1. The van der Waals surface area contributed by atoms with Crippen LogP contribution in [0.25, 0.3) is 0 Å². The van der Waals surface area contributed by atoms with Gasteiger partial charge in [-0.3, -0.25) is 0 Å². The maximum Gasteiger partial charge on any atom is 0.123 e. The van der Waals surface area contributed by atoms with E-state index in [0.717, 1.165) is 15.8 Å². The van der Waals surface area contributed by atoms with E-state index in [9.17, 15) is 0 Å². The molecule has 1 unspecified atom stereocenters. The average Bonchev–Trinajstić information content (AvgIpc) is 2.16. The van der Waals surface area contributed by atoms with Gasteiger partial charge in [0.15, 0.2) is 0 Å². The molecule has 0 bridgehead atoms. The molecule has 72 valence electrons. The van der Waals surface area contributed by atoms with Crippen molar-refractivity contribution in [1.29, 1.82) is 0 Å². The van der Waals surface area contributed by atoms with Crippen LogP contribution >= 0.6 is 15.9 Å². The fraction of sp³-hybridized carbons (Fsp3) is 0.400. The highest BCUT2D eigenvalue weighted by Crippen LogP contribution is 2.29. The summed E-state index contributed by atoms with van der Waals surface area (Å²) >= 11 is 3.37. The van der Waals surface area contributed by atoms with Crippen molar-refractivity contribution in [2.45, 2.75) is 12.8 Å². The summed E-state index contributed by atoms with van der Waals surface area (Å²) in [6.45, 7) is 2.10. The number of benzene rings is 1. The number of rotatable bonds is 3. The minimum atomic E-state index is 0.114. The predicted molar refractivity (Wildman–Crippen MR) is 56.2 cm³/mol. The standard InChI is InChI=1S/C10H13BrO2/c1-7(6-12)9-4-3-8(11)5-10(9)13-2/h3-5,7,12H,6H2,1-2H3. The van der Waals surface area contributed by atoms with Crippen molar-refractivity contribution in [3.63, 3.8) is 0 Å². The van der Waals surface area contributed by atoms with Gasteiger partial charge < -0.3 is 9.84 Å². The highest BCUT2D eigenvalue weighted by Gasteiger charge is 2.10. The molecular weight excluding hydrogens is 232 g/mol. The number of aliphatic hydroxyl groups excluding tert-OH is 1. The van der Waals surface area contributed by atoms with Gasteiger partial charge in [-0.1, -0.05) is 28.9 Å². The summed E-state index contributed by atoms with van der Waals surface area (Å²) in [7, 11) is 1.63. The first-order valence-electron chi connectivity index (χ1n) is 4.13. The van der Waals surface area contributed by atoms with Gasteiger partial charge in [-0.25, -0.2) is 0 Å². The zero-order valence-electron chi connectivity index (χ0n) is 7.75. The molecule has 0 heterocycles. The van der Waals surface area contributed by atoms with Crippen LogP contribution in [0.5, 0.6) is 5.75 Å². The number of methoxy groups -OCH3 is 1. The monoisotopic (exact) mass is 244 g/mol. The number of hydrogen-bond donors (Lipinski definition) is 1. The third-order valence-electron chi connectivity index (χ3n) is 2.00. The first kappa shape index (κ1) is 10.5. The Bertz CT molecular complexity index is 286. The summed E-state index contributed by atoms with van der Waals surface area (Å²) < 4.78 is 6.19. The maximum atomic E-state index is 9.01. The summed E-state index contributed by atoms with van der Waals surface area (Å²) in [6, 6.07) is 5.81. The van der Waals surface area contributed by atoms with Crippen LogP contribution in [0.15, 0.2) is 22.7 Å². The Morgan fingerprint density at radius 3 is 2.77 bits per heavy atom. The first-order chi connectivity index (χ1) is 6.19. The van der Waals surface area contributed by atoms with Crippen molar-refractivity contribution < 1.29 is 9.84 Å². The van der Waals surface area contributed by atoms with Gasteiger partial charge in [0, 0.05) is 17.0 Å². The minimum absolute atomic E-state index is 0.114. The second kappa shape index (κ2) is 4.63. The predicted octanol–water partition coefficient (Wildman–Crippen LogP) is 2.55. The van der Waals surface area contributed by atoms with Crippen LogP contribution in [0.3, 0.4) is 0 Å². The Kier molecular flexibility index (Phi) is 3.75. The van der Waals surface area contributed by atoms with E-state index in [-0.39, 0.29) is 12.5 Å². The maximum absolute atomic E-state index is 9.01. The van der Waals surface area contributed by atoms with Crippen LogP contribution in [0.4, 0.5) is 0 Å². The molecule has 0 aliphatic carbocycles. The van der Waals surface area contributed by atoms with Crippen LogP contribution in [0.2, 0.25) is 0 Å². The van der Waals surface area contributed by atoms with Gasteiger partial charge in [0.2, 0.25) is 0 Å². The summed E-state index contributed by atoms with van der Waals surface area (Å²) in [5.74, 6) is 0.930.